The third-order valence-electron chi connectivity index (χ3n) is 2.02. The van der Waals surface area contributed by atoms with Crippen LogP contribution in [-0.4, -0.2) is 29.2 Å². The highest BCUT2D eigenvalue weighted by Crippen LogP contribution is 2.08. The van der Waals surface area contributed by atoms with Gasteiger partial charge in [-0.15, -0.1) is 0 Å². The van der Waals surface area contributed by atoms with Gasteiger partial charge in [0.1, 0.15) is 0 Å². The molecule has 2 rings (SSSR count). The molecule has 0 amide bonds. The molecule has 14 heavy (non-hydrogen) atoms. The number of carbonyl (C=O) groups excluding carboxylic acids is 1. The summed E-state index contributed by atoms with van der Waals surface area (Å²) in [6.07, 6.45) is 0. The Kier molecular flexibility index (Phi) is 1.95. The molecule has 1 aliphatic heterocycles. The number of ether oxygens (including phenoxy) is 1. The Bertz CT molecular complexity index is 438. The average Bonchev–Trinajstić information content (AvgIpc) is 2.64. The van der Waals surface area contributed by atoms with Gasteiger partial charge in [-0.25, -0.2) is 9.78 Å². The van der Waals surface area contributed by atoms with Crippen molar-refractivity contribution in [3.63, 3.8) is 0 Å². The number of hydrogen-bond donors (Lipinski definition) is 1. The van der Waals surface area contributed by atoms with Gasteiger partial charge in [-0.1, -0.05) is 0 Å². The Morgan fingerprint density at radius 1 is 1.71 bits per heavy atom. The van der Waals surface area contributed by atoms with Crippen molar-refractivity contribution >= 4 is 11.9 Å². The first-order valence-electron chi connectivity index (χ1n) is 4.16. The molecule has 6 nitrogen and oxygen atoms in total. The van der Waals surface area contributed by atoms with E-state index < -0.39 is 5.97 Å². The standard InChI is InChI=1S/C8H9N3O3/c1-14-7(13)5-4-6(12)11-3-2-9-8(11)10-5/h4H,2-3H2,1H3,(H,9,10). The normalized spacial score (nSPS) is 13.2. The summed E-state index contributed by atoms with van der Waals surface area (Å²) in [5.74, 6) is -0.169. The summed E-state index contributed by atoms with van der Waals surface area (Å²) in [5.41, 5.74) is -0.196. The maximum absolute atomic E-state index is 11.4. The number of carbonyl (C=O) groups is 1. The van der Waals surface area contributed by atoms with E-state index in [1.807, 2.05) is 0 Å². The molecular formula is C8H9N3O3. The highest BCUT2D eigenvalue weighted by atomic mass is 16.5. The van der Waals surface area contributed by atoms with Crippen LogP contribution in [0, 0.1) is 0 Å². The van der Waals surface area contributed by atoms with Crippen molar-refractivity contribution < 1.29 is 9.53 Å². The molecule has 74 valence electrons. The van der Waals surface area contributed by atoms with Crippen molar-refractivity contribution in [2.24, 2.45) is 0 Å². The Morgan fingerprint density at radius 2 is 2.50 bits per heavy atom. The fourth-order valence-electron chi connectivity index (χ4n) is 1.35. The van der Waals surface area contributed by atoms with E-state index in [9.17, 15) is 9.59 Å². The summed E-state index contributed by atoms with van der Waals surface area (Å²) < 4.78 is 5.95. The second-order valence-corrected chi connectivity index (χ2v) is 2.87. The van der Waals surface area contributed by atoms with E-state index in [-0.39, 0.29) is 11.3 Å². The zero-order valence-electron chi connectivity index (χ0n) is 7.61. The number of anilines is 1. The maximum atomic E-state index is 11.4. The number of nitrogens with one attached hydrogen (secondary N) is 1. The van der Waals surface area contributed by atoms with Crippen LogP contribution in [0.5, 0.6) is 0 Å². The van der Waals surface area contributed by atoms with Gasteiger partial charge >= 0.3 is 5.97 Å². The zero-order valence-corrected chi connectivity index (χ0v) is 7.61. The molecule has 0 radical (unpaired) electrons. The first kappa shape index (κ1) is 8.74. The smallest absolute Gasteiger partial charge is 0.357 e. The monoisotopic (exact) mass is 195 g/mol. The Hall–Kier alpha value is -1.85. The summed E-state index contributed by atoms with van der Waals surface area (Å²) in [6, 6.07) is 1.18. The lowest BCUT2D eigenvalue weighted by atomic mass is 10.4. The van der Waals surface area contributed by atoms with E-state index in [0.717, 1.165) is 0 Å². The van der Waals surface area contributed by atoms with Gasteiger partial charge in [0.2, 0.25) is 5.95 Å². The van der Waals surface area contributed by atoms with Gasteiger partial charge in [-0.3, -0.25) is 9.36 Å². The summed E-state index contributed by atoms with van der Waals surface area (Å²) >= 11 is 0. The van der Waals surface area contributed by atoms with Crippen molar-refractivity contribution in [1.82, 2.24) is 9.55 Å². The number of esters is 1. The number of nitrogens with zero attached hydrogens (tertiary/aromatic N) is 2. The lowest BCUT2D eigenvalue weighted by Gasteiger charge is -2.02. The van der Waals surface area contributed by atoms with Gasteiger partial charge in [0, 0.05) is 19.2 Å². The molecule has 0 saturated carbocycles. The summed E-state index contributed by atoms with van der Waals surface area (Å²) in [4.78, 5) is 26.5. The fraction of sp³-hybridized carbons (Fsp3) is 0.375. The zero-order chi connectivity index (χ0) is 10.1. The van der Waals surface area contributed by atoms with Crippen LogP contribution in [0.2, 0.25) is 0 Å². The predicted molar refractivity (Wildman–Crippen MR) is 48.3 cm³/mol. The minimum absolute atomic E-state index is 0.0400. The molecule has 1 aliphatic rings. The van der Waals surface area contributed by atoms with E-state index in [0.29, 0.717) is 19.0 Å². The summed E-state index contributed by atoms with van der Waals surface area (Å²) in [6.45, 7) is 1.25. The Labute approximate surface area is 79.5 Å². The van der Waals surface area contributed by atoms with Crippen LogP contribution in [-0.2, 0) is 11.3 Å². The third-order valence-corrected chi connectivity index (χ3v) is 2.02. The van der Waals surface area contributed by atoms with Gasteiger partial charge in [0.05, 0.1) is 7.11 Å². The third kappa shape index (κ3) is 1.24. The second-order valence-electron chi connectivity index (χ2n) is 2.87. The molecule has 2 heterocycles. The predicted octanol–water partition coefficient (Wildman–Crippen LogP) is -0.545. The number of hydrogen-bond acceptors (Lipinski definition) is 5. The Morgan fingerprint density at radius 3 is 3.21 bits per heavy atom. The van der Waals surface area contributed by atoms with Gasteiger partial charge < -0.3 is 10.1 Å². The van der Waals surface area contributed by atoms with Gasteiger partial charge in [0.15, 0.2) is 5.69 Å². The highest BCUT2D eigenvalue weighted by molar-refractivity contribution is 5.87. The van der Waals surface area contributed by atoms with Crippen molar-refractivity contribution in [3.05, 3.63) is 22.1 Å². The van der Waals surface area contributed by atoms with E-state index in [1.165, 1.54) is 17.7 Å². The van der Waals surface area contributed by atoms with E-state index in [4.69, 9.17) is 0 Å². The topological polar surface area (TPSA) is 73.2 Å². The first-order valence-corrected chi connectivity index (χ1v) is 4.16. The number of methoxy groups -OCH3 is 1. The van der Waals surface area contributed by atoms with Crippen molar-refractivity contribution in [2.45, 2.75) is 6.54 Å². The SMILES string of the molecule is COC(=O)c1cc(=O)n2c(n1)NCC2. The molecule has 0 spiro atoms. The van der Waals surface area contributed by atoms with Crippen LogP contribution >= 0.6 is 0 Å². The molecular weight excluding hydrogens is 186 g/mol. The lowest BCUT2D eigenvalue weighted by Crippen LogP contribution is -2.21. The van der Waals surface area contributed by atoms with E-state index in [1.54, 1.807) is 0 Å². The molecule has 0 bridgehead atoms. The summed E-state index contributed by atoms with van der Waals surface area (Å²) in [5, 5.41) is 2.90. The minimum Gasteiger partial charge on any atom is -0.464 e. The molecule has 0 atom stereocenters. The molecule has 0 aliphatic carbocycles. The molecule has 0 aromatic carbocycles. The lowest BCUT2D eigenvalue weighted by molar-refractivity contribution is 0.0593. The second kappa shape index (κ2) is 3.13. The maximum Gasteiger partial charge on any atom is 0.357 e. The first-order chi connectivity index (χ1) is 6.72. The number of fused-ring (bicyclic) bond motifs is 1. The number of rotatable bonds is 1. The highest BCUT2D eigenvalue weighted by Gasteiger charge is 2.17. The number of aromatic nitrogens is 2. The van der Waals surface area contributed by atoms with Crippen LogP contribution in [0.15, 0.2) is 10.9 Å². The summed E-state index contributed by atoms with van der Waals surface area (Å²) in [7, 11) is 1.25. The molecule has 1 N–H and O–H groups in total. The van der Waals surface area contributed by atoms with E-state index in [2.05, 4.69) is 15.0 Å². The molecule has 1 aromatic rings. The molecule has 0 saturated heterocycles. The molecule has 1 aromatic heterocycles. The van der Waals surface area contributed by atoms with Crippen LogP contribution < -0.4 is 10.9 Å². The van der Waals surface area contributed by atoms with Crippen molar-refractivity contribution in [3.8, 4) is 0 Å². The van der Waals surface area contributed by atoms with Crippen LogP contribution in [0.25, 0.3) is 0 Å². The van der Waals surface area contributed by atoms with Gasteiger partial charge in [-0.2, -0.15) is 0 Å². The quantitative estimate of drug-likeness (QED) is 0.609. The van der Waals surface area contributed by atoms with Gasteiger partial charge in [0.25, 0.3) is 5.56 Å². The Balaban J connectivity index is 2.52. The van der Waals surface area contributed by atoms with Crippen LogP contribution in [0.4, 0.5) is 5.95 Å². The largest absolute Gasteiger partial charge is 0.464 e. The van der Waals surface area contributed by atoms with Crippen LogP contribution in [0.1, 0.15) is 10.5 Å². The molecule has 6 heteroatoms. The molecule has 0 fully saturated rings. The average molecular weight is 195 g/mol. The van der Waals surface area contributed by atoms with Crippen LogP contribution in [0.3, 0.4) is 0 Å². The van der Waals surface area contributed by atoms with Gasteiger partial charge in [-0.05, 0) is 0 Å². The van der Waals surface area contributed by atoms with Crippen molar-refractivity contribution in [1.29, 1.82) is 0 Å². The fourth-order valence-corrected chi connectivity index (χ4v) is 1.35. The molecule has 0 unspecified atom stereocenters. The van der Waals surface area contributed by atoms with Crippen molar-refractivity contribution in [2.75, 3.05) is 19.0 Å². The van der Waals surface area contributed by atoms with E-state index >= 15 is 0 Å². The minimum atomic E-state index is -0.598.